The third-order valence-electron chi connectivity index (χ3n) is 3.86. The fourth-order valence-electron chi connectivity index (χ4n) is 2.87. The summed E-state index contributed by atoms with van der Waals surface area (Å²) in [6.45, 7) is 0. The predicted molar refractivity (Wildman–Crippen MR) is 84.0 cm³/mol. The van der Waals surface area contributed by atoms with E-state index in [2.05, 4.69) is 27.1 Å². The smallest absolute Gasteiger partial charge is 0.236 e. The lowest BCUT2D eigenvalue weighted by molar-refractivity contribution is 1.03. The molecule has 0 saturated carbocycles. The van der Waals surface area contributed by atoms with E-state index in [4.69, 9.17) is 4.98 Å². The second-order valence-corrected chi connectivity index (χ2v) is 5.31. The summed E-state index contributed by atoms with van der Waals surface area (Å²) < 4.78 is 1.98. The highest BCUT2D eigenvalue weighted by atomic mass is 15.2. The average molecular weight is 285 g/mol. The normalized spacial score (nSPS) is 12.9. The van der Waals surface area contributed by atoms with Gasteiger partial charge in [-0.1, -0.05) is 36.4 Å². The Hall–Kier alpha value is -3.08. The minimum Gasteiger partial charge on any atom is -0.259 e. The van der Waals surface area contributed by atoms with Crippen LogP contribution < -0.4 is 5.35 Å². The van der Waals surface area contributed by atoms with Crippen LogP contribution in [-0.2, 0) is 6.42 Å². The minimum absolute atomic E-state index is 0.671. The van der Waals surface area contributed by atoms with Crippen LogP contribution in [0.25, 0.3) is 29.1 Å². The van der Waals surface area contributed by atoms with Crippen LogP contribution in [0.4, 0.5) is 0 Å². The molecular formula is C17H11N5. The molecule has 5 nitrogen and oxygen atoms in total. The largest absolute Gasteiger partial charge is 0.259 e. The van der Waals surface area contributed by atoms with Gasteiger partial charge in [-0.3, -0.25) is 4.40 Å². The third kappa shape index (κ3) is 1.59. The zero-order chi connectivity index (χ0) is 14.5. The van der Waals surface area contributed by atoms with Crippen LogP contribution in [0, 0.1) is 0 Å². The van der Waals surface area contributed by atoms with E-state index in [0.717, 1.165) is 34.5 Å². The van der Waals surface area contributed by atoms with E-state index in [-0.39, 0.29) is 0 Å². The molecule has 0 amide bonds. The van der Waals surface area contributed by atoms with E-state index in [1.807, 2.05) is 40.8 Å². The van der Waals surface area contributed by atoms with E-state index >= 15 is 0 Å². The van der Waals surface area contributed by atoms with Crippen LogP contribution in [-0.4, -0.2) is 24.3 Å². The van der Waals surface area contributed by atoms with Crippen LogP contribution in [0.5, 0.6) is 0 Å². The molecule has 5 heteroatoms. The number of nitrogens with zero attached hydrogens (tertiary/aromatic N) is 5. The van der Waals surface area contributed by atoms with Crippen LogP contribution >= 0.6 is 0 Å². The van der Waals surface area contributed by atoms with Crippen molar-refractivity contribution in [3.05, 3.63) is 65.0 Å². The maximum absolute atomic E-state index is 4.71. The van der Waals surface area contributed by atoms with Crippen molar-refractivity contribution in [1.29, 1.82) is 0 Å². The number of hydrogen-bond donors (Lipinski definition) is 0. The van der Waals surface area contributed by atoms with Gasteiger partial charge in [-0.25, -0.2) is 19.9 Å². The van der Waals surface area contributed by atoms with Gasteiger partial charge in [0.05, 0.1) is 17.2 Å². The average Bonchev–Trinajstić information content (AvgIpc) is 3.20. The van der Waals surface area contributed by atoms with E-state index < -0.39 is 0 Å². The van der Waals surface area contributed by atoms with Gasteiger partial charge >= 0.3 is 0 Å². The third-order valence-corrected chi connectivity index (χ3v) is 3.86. The topological polar surface area (TPSA) is 56.0 Å². The molecule has 0 fully saturated rings. The molecule has 0 saturated heterocycles. The zero-order valence-electron chi connectivity index (χ0n) is 11.6. The summed E-state index contributed by atoms with van der Waals surface area (Å²) in [6, 6.07) is 10.2. The molecule has 3 heterocycles. The van der Waals surface area contributed by atoms with Crippen molar-refractivity contribution in [2.45, 2.75) is 6.42 Å². The molecule has 4 aromatic rings. The molecule has 0 radical (unpaired) electrons. The first-order valence-electron chi connectivity index (χ1n) is 7.14. The van der Waals surface area contributed by atoms with Crippen molar-refractivity contribution < 1.29 is 0 Å². The minimum atomic E-state index is 0.671. The summed E-state index contributed by atoms with van der Waals surface area (Å²) >= 11 is 0. The molecule has 0 aliphatic heterocycles. The number of imidazole rings is 2. The number of benzene rings is 1. The van der Waals surface area contributed by atoms with Crippen molar-refractivity contribution in [2.24, 2.45) is 0 Å². The Morgan fingerprint density at radius 3 is 2.82 bits per heavy atom. The first-order valence-corrected chi connectivity index (χ1v) is 7.14. The lowest BCUT2D eigenvalue weighted by Gasteiger charge is -1.95. The van der Waals surface area contributed by atoms with Gasteiger partial charge in [-0.15, -0.1) is 0 Å². The zero-order valence-corrected chi connectivity index (χ0v) is 11.6. The highest BCUT2D eigenvalue weighted by Gasteiger charge is 2.14. The van der Waals surface area contributed by atoms with Crippen LogP contribution in [0.2, 0.25) is 0 Å². The molecular weight excluding hydrogens is 274 g/mol. The molecule has 5 rings (SSSR count). The van der Waals surface area contributed by atoms with Crippen LogP contribution in [0.3, 0.4) is 0 Å². The Labute approximate surface area is 125 Å². The molecule has 0 bridgehead atoms. The molecule has 1 aliphatic rings. The molecule has 104 valence electrons. The lowest BCUT2D eigenvalue weighted by atomic mass is 10.1. The maximum atomic E-state index is 4.71. The monoisotopic (exact) mass is 285 g/mol. The summed E-state index contributed by atoms with van der Waals surface area (Å²) in [5.74, 6) is 1.48. The predicted octanol–water partition coefficient (Wildman–Crippen LogP) is 1.79. The molecule has 0 atom stereocenters. The van der Waals surface area contributed by atoms with Gasteiger partial charge < -0.3 is 0 Å². The maximum Gasteiger partial charge on any atom is 0.236 e. The van der Waals surface area contributed by atoms with Crippen molar-refractivity contribution in [3.63, 3.8) is 0 Å². The summed E-state index contributed by atoms with van der Waals surface area (Å²) in [7, 11) is 0. The fraction of sp³-hybridized carbons (Fsp3) is 0.0588. The van der Waals surface area contributed by atoms with E-state index in [1.165, 1.54) is 5.56 Å². The molecule has 3 aromatic heterocycles. The molecule has 0 spiro atoms. The lowest BCUT2D eigenvalue weighted by Crippen LogP contribution is -2.10. The number of allylic oxidation sites excluding steroid dienone is 1. The second-order valence-electron chi connectivity index (χ2n) is 5.31. The Kier molecular flexibility index (Phi) is 2.21. The van der Waals surface area contributed by atoms with E-state index in [9.17, 15) is 0 Å². The quantitative estimate of drug-likeness (QED) is 0.563. The summed E-state index contributed by atoms with van der Waals surface area (Å²) in [4.78, 5) is 18.2. The Bertz CT molecular complexity index is 1090. The Morgan fingerprint density at radius 2 is 1.91 bits per heavy atom. The summed E-state index contributed by atoms with van der Waals surface area (Å²) in [5.41, 5.74) is 3.77. The highest BCUT2D eigenvalue weighted by molar-refractivity contribution is 5.75. The van der Waals surface area contributed by atoms with E-state index in [1.54, 1.807) is 6.20 Å². The molecule has 0 unspecified atom stereocenters. The van der Waals surface area contributed by atoms with Crippen molar-refractivity contribution in [3.8, 4) is 0 Å². The van der Waals surface area contributed by atoms with Gasteiger partial charge in [-0.05, 0) is 17.7 Å². The fourth-order valence-corrected chi connectivity index (χ4v) is 2.87. The van der Waals surface area contributed by atoms with Crippen LogP contribution in [0.1, 0.15) is 17.1 Å². The number of aromatic nitrogens is 5. The number of fused-ring (bicyclic) bond motifs is 5. The van der Waals surface area contributed by atoms with Crippen molar-refractivity contribution in [2.75, 3.05) is 0 Å². The van der Waals surface area contributed by atoms with Gasteiger partial charge in [0.1, 0.15) is 11.3 Å². The number of rotatable bonds is 2. The Balaban J connectivity index is 1.72. The molecule has 1 aromatic carbocycles. The molecule has 0 N–H and O–H groups in total. The van der Waals surface area contributed by atoms with Crippen molar-refractivity contribution in [1.82, 2.24) is 24.3 Å². The first kappa shape index (κ1) is 11.6. The molecule has 22 heavy (non-hydrogen) atoms. The number of hydrogen-bond acceptors (Lipinski definition) is 4. The van der Waals surface area contributed by atoms with Gasteiger partial charge in [0.15, 0.2) is 5.65 Å². The first-order chi connectivity index (χ1) is 10.9. The van der Waals surface area contributed by atoms with E-state index in [0.29, 0.717) is 5.78 Å². The van der Waals surface area contributed by atoms with Crippen LogP contribution in [0.15, 0.2) is 42.6 Å². The summed E-state index contributed by atoms with van der Waals surface area (Å²) in [5, 5.41) is 1.03. The molecule has 1 aliphatic carbocycles. The van der Waals surface area contributed by atoms with Crippen molar-refractivity contribution >= 4 is 29.1 Å². The van der Waals surface area contributed by atoms with Gasteiger partial charge in [0, 0.05) is 6.42 Å². The van der Waals surface area contributed by atoms with Gasteiger partial charge in [-0.2, -0.15) is 0 Å². The van der Waals surface area contributed by atoms with Gasteiger partial charge in [0.25, 0.3) is 0 Å². The highest BCUT2D eigenvalue weighted by Crippen LogP contribution is 2.15. The second kappa shape index (κ2) is 4.21. The summed E-state index contributed by atoms with van der Waals surface area (Å²) in [6.07, 6.45) is 8.47. The standard InChI is InChI=1S/C17H11N5/c1-2-5-11(6-3-1)9-15-19-13-10-18-17-20-12-7-4-8-14(12)22(17)16(13)21-15/h1-8,10H,9H2. The van der Waals surface area contributed by atoms with Gasteiger partial charge in [0.2, 0.25) is 5.78 Å². The SMILES string of the molecule is C1=Cc2nc3ncc4nc(Cc5ccccc5)nc4n3c2=C1. The Morgan fingerprint density at radius 1 is 1.00 bits per heavy atom.